The minimum absolute atomic E-state index is 0.249. The van der Waals surface area contributed by atoms with Crippen LogP contribution in [0, 0.1) is 0 Å². The second kappa shape index (κ2) is 4.20. The van der Waals surface area contributed by atoms with Crippen LogP contribution >= 0.6 is 0 Å². The molecule has 2 aromatic rings. The third-order valence-corrected chi connectivity index (χ3v) is 3.51. The Hall–Kier alpha value is -2.15. The zero-order valence-electron chi connectivity index (χ0n) is 10.8. The molecular weight excluding hydrogens is 246 g/mol. The van der Waals surface area contributed by atoms with Gasteiger partial charge in [-0.15, -0.1) is 0 Å². The molecule has 7 heteroatoms. The molecule has 1 fully saturated rings. The first-order valence-electron chi connectivity index (χ1n) is 6.01. The summed E-state index contributed by atoms with van der Waals surface area (Å²) in [7, 11) is 3.68. The molecule has 1 aliphatic rings. The first-order chi connectivity index (χ1) is 9.13. The van der Waals surface area contributed by atoms with Crippen LogP contribution in [0.3, 0.4) is 0 Å². The molecule has 19 heavy (non-hydrogen) atoms. The summed E-state index contributed by atoms with van der Waals surface area (Å²) in [5.41, 5.74) is 6.11. The zero-order valence-corrected chi connectivity index (χ0v) is 10.8. The highest BCUT2D eigenvalue weighted by Crippen LogP contribution is 2.33. The van der Waals surface area contributed by atoms with Gasteiger partial charge in [-0.05, 0) is 12.5 Å². The van der Waals surface area contributed by atoms with Crippen molar-refractivity contribution in [2.45, 2.75) is 18.6 Å². The van der Waals surface area contributed by atoms with Crippen molar-refractivity contribution >= 4 is 17.4 Å². The van der Waals surface area contributed by atoms with E-state index in [0.29, 0.717) is 17.3 Å². The number of rotatable bonds is 4. The van der Waals surface area contributed by atoms with Gasteiger partial charge in [-0.2, -0.15) is 9.61 Å². The second-order valence-corrected chi connectivity index (χ2v) is 4.65. The summed E-state index contributed by atoms with van der Waals surface area (Å²) < 4.78 is 6.94. The van der Waals surface area contributed by atoms with Crippen molar-refractivity contribution in [1.82, 2.24) is 14.6 Å². The van der Waals surface area contributed by atoms with Crippen LogP contribution in [0.2, 0.25) is 0 Å². The Labute approximate surface area is 110 Å². The predicted octanol–water partition coefficient (Wildman–Crippen LogP) is 0.0517. The highest BCUT2D eigenvalue weighted by molar-refractivity contribution is 5.98. The number of carbonyl (C=O) groups is 1. The fourth-order valence-corrected chi connectivity index (χ4v) is 2.31. The van der Waals surface area contributed by atoms with E-state index in [1.54, 1.807) is 17.8 Å². The molecule has 1 saturated carbocycles. The number of nitrogens with two attached hydrogens (primary N) is 1. The summed E-state index contributed by atoms with van der Waals surface area (Å²) in [4.78, 5) is 17.5. The molecule has 0 radical (unpaired) electrons. The molecule has 0 saturated heterocycles. The number of fused-ring (bicyclic) bond motifs is 1. The van der Waals surface area contributed by atoms with Gasteiger partial charge in [0.25, 0.3) is 5.91 Å². The maximum atomic E-state index is 11.3. The summed E-state index contributed by atoms with van der Waals surface area (Å²) in [6, 6.07) is 2.19. The Morgan fingerprint density at radius 2 is 2.42 bits per heavy atom. The van der Waals surface area contributed by atoms with Crippen molar-refractivity contribution < 1.29 is 9.53 Å². The van der Waals surface area contributed by atoms with Gasteiger partial charge in [0, 0.05) is 20.4 Å². The van der Waals surface area contributed by atoms with Crippen LogP contribution in [0.5, 0.6) is 0 Å². The van der Waals surface area contributed by atoms with E-state index in [4.69, 9.17) is 10.5 Å². The van der Waals surface area contributed by atoms with Crippen molar-refractivity contribution in [1.29, 1.82) is 0 Å². The summed E-state index contributed by atoms with van der Waals surface area (Å²) >= 11 is 0. The molecule has 7 nitrogen and oxygen atoms in total. The Balaban J connectivity index is 2.03. The van der Waals surface area contributed by atoms with Gasteiger partial charge in [0.05, 0.1) is 18.3 Å². The van der Waals surface area contributed by atoms with E-state index in [9.17, 15) is 4.79 Å². The average Bonchev–Trinajstić information content (AvgIpc) is 3.06. The smallest absolute Gasteiger partial charge is 0.254 e. The van der Waals surface area contributed by atoms with Crippen LogP contribution in [-0.4, -0.2) is 46.8 Å². The molecule has 2 atom stereocenters. The quantitative estimate of drug-likeness (QED) is 0.840. The van der Waals surface area contributed by atoms with E-state index in [1.165, 1.54) is 6.20 Å². The molecule has 1 amide bonds. The van der Waals surface area contributed by atoms with Crippen molar-refractivity contribution in [3.05, 3.63) is 24.0 Å². The molecule has 2 heterocycles. The van der Waals surface area contributed by atoms with Gasteiger partial charge < -0.3 is 15.4 Å². The lowest BCUT2D eigenvalue weighted by Crippen LogP contribution is -2.25. The van der Waals surface area contributed by atoms with Crippen molar-refractivity contribution in [2.75, 3.05) is 19.1 Å². The van der Waals surface area contributed by atoms with Crippen LogP contribution in [0.4, 0.5) is 5.82 Å². The number of carbonyl (C=O) groups excluding carboxylic acids is 1. The minimum atomic E-state index is -0.525. The second-order valence-electron chi connectivity index (χ2n) is 4.65. The molecule has 0 aromatic carbocycles. The Bertz CT molecular complexity index is 638. The number of anilines is 1. The van der Waals surface area contributed by atoms with Gasteiger partial charge in [0.1, 0.15) is 11.4 Å². The van der Waals surface area contributed by atoms with Crippen LogP contribution in [0.15, 0.2) is 18.5 Å². The number of methoxy groups -OCH3 is 1. The molecule has 1 aliphatic carbocycles. The summed E-state index contributed by atoms with van der Waals surface area (Å²) in [6.45, 7) is 0. The number of hydrogen-bond donors (Lipinski definition) is 1. The van der Waals surface area contributed by atoms with Gasteiger partial charge in [-0.1, -0.05) is 0 Å². The summed E-state index contributed by atoms with van der Waals surface area (Å²) in [5, 5.41) is 4.19. The number of primary amides is 1. The fraction of sp³-hybridized carbons (Fsp3) is 0.417. The molecule has 2 N–H and O–H groups in total. The van der Waals surface area contributed by atoms with Crippen LogP contribution < -0.4 is 10.6 Å². The molecule has 0 bridgehead atoms. The fourth-order valence-electron chi connectivity index (χ4n) is 2.31. The molecule has 2 aromatic heterocycles. The average molecular weight is 261 g/mol. The number of nitrogens with zero attached hydrogens (tertiary/aromatic N) is 4. The van der Waals surface area contributed by atoms with Gasteiger partial charge in [0.15, 0.2) is 5.65 Å². The van der Waals surface area contributed by atoms with Gasteiger partial charge in [-0.3, -0.25) is 4.79 Å². The third kappa shape index (κ3) is 1.82. The zero-order chi connectivity index (χ0) is 13.6. The first-order valence-corrected chi connectivity index (χ1v) is 6.01. The highest BCUT2D eigenvalue weighted by atomic mass is 16.5. The molecule has 0 spiro atoms. The normalized spacial score (nSPS) is 21.6. The topological polar surface area (TPSA) is 85.7 Å². The van der Waals surface area contributed by atoms with E-state index >= 15 is 0 Å². The number of hydrogen-bond acceptors (Lipinski definition) is 5. The van der Waals surface area contributed by atoms with Crippen LogP contribution in [-0.2, 0) is 4.74 Å². The van der Waals surface area contributed by atoms with Crippen LogP contribution in [0.1, 0.15) is 16.8 Å². The lowest BCUT2D eigenvalue weighted by molar-refractivity contribution is 0.100. The molecular formula is C12H15N5O2. The minimum Gasteiger partial charge on any atom is -0.379 e. The summed E-state index contributed by atoms with van der Waals surface area (Å²) in [5.74, 6) is 0.338. The van der Waals surface area contributed by atoms with Crippen molar-refractivity contribution in [3.63, 3.8) is 0 Å². The van der Waals surface area contributed by atoms with E-state index in [-0.39, 0.29) is 6.10 Å². The lowest BCUT2D eigenvalue weighted by Gasteiger charge is -2.19. The van der Waals surface area contributed by atoms with Gasteiger partial charge in [-0.25, -0.2) is 4.98 Å². The Kier molecular flexibility index (Phi) is 2.63. The van der Waals surface area contributed by atoms with Crippen LogP contribution in [0.25, 0.3) is 5.65 Å². The van der Waals surface area contributed by atoms with E-state index in [0.717, 1.165) is 12.2 Å². The lowest BCUT2D eigenvalue weighted by atomic mass is 10.3. The SMILES string of the molecule is CO[C@@H]1C[C@H]1N(C)c1ccnc2c(C(N)=O)cnn12. The number of ether oxygens (including phenoxy) is 1. The standard InChI is InChI=1S/C12H15N5O2/c1-16(8-5-9(8)19-2)10-3-4-14-12-7(11(13)18)6-15-17(10)12/h3-4,6,8-9H,5H2,1-2H3,(H2,13,18)/t8-,9-/m1/s1. The molecule has 100 valence electrons. The summed E-state index contributed by atoms with van der Waals surface area (Å²) in [6.07, 6.45) is 4.34. The van der Waals surface area contributed by atoms with E-state index in [1.807, 2.05) is 13.1 Å². The van der Waals surface area contributed by atoms with Gasteiger partial charge >= 0.3 is 0 Å². The van der Waals surface area contributed by atoms with Crippen molar-refractivity contribution in [3.8, 4) is 0 Å². The maximum Gasteiger partial charge on any atom is 0.254 e. The van der Waals surface area contributed by atoms with Crippen molar-refractivity contribution in [2.24, 2.45) is 5.73 Å². The van der Waals surface area contributed by atoms with Gasteiger partial charge in [0.2, 0.25) is 0 Å². The molecule has 0 unspecified atom stereocenters. The third-order valence-electron chi connectivity index (χ3n) is 3.51. The highest BCUT2D eigenvalue weighted by Gasteiger charge is 2.41. The number of likely N-dealkylation sites (N-methyl/N-ethyl adjacent to an activating group) is 1. The van der Waals surface area contributed by atoms with E-state index in [2.05, 4.69) is 15.0 Å². The largest absolute Gasteiger partial charge is 0.379 e. The maximum absolute atomic E-state index is 11.3. The van der Waals surface area contributed by atoms with E-state index < -0.39 is 5.91 Å². The molecule has 0 aliphatic heterocycles. The predicted molar refractivity (Wildman–Crippen MR) is 69.1 cm³/mol. The number of amides is 1. The Morgan fingerprint density at radius 3 is 3.05 bits per heavy atom. The Morgan fingerprint density at radius 1 is 1.63 bits per heavy atom. The number of aromatic nitrogens is 3. The molecule has 3 rings (SSSR count). The first kappa shape index (κ1) is 11.9. The monoisotopic (exact) mass is 261 g/mol.